The summed E-state index contributed by atoms with van der Waals surface area (Å²) in [4.78, 5) is 29.5. The van der Waals surface area contributed by atoms with E-state index >= 15 is 0 Å². The van der Waals surface area contributed by atoms with Crippen LogP contribution in [0.25, 0.3) is 0 Å². The predicted molar refractivity (Wildman–Crippen MR) is 84.5 cm³/mol. The van der Waals surface area contributed by atoms with Gasteiger partial charge in [-0.25, -0.2) is 0 Å². The molecule has 2 heterocycles. The third-order valence-corrected chi connectivity index (χ3v) is 4.98. The molecule has 0 N–H and O–H groups in total. The third-order valence-electron chi connectivity index (χ3n) is 4.26. The Labute approximate surface area is 129 Å². The molecule has 1 unspecified atom stereocenters. The number of carbonyl (C=O) groups excluding carboxylic acids is 2. The normalized spacial score (nSPS) is 22.1. The first-order valence-corrected chi connectivity index (χ1v) is 8.64. The fourth-order valence-corrected chi connectivity index (χ4v) is 3.55. The van der Waals surface area contributed by atoms with E-state index in [0.29, 0.717) is 13.0 Å². The third kappa shape index (κ3) is 2.93. The number of carbonyl (C=O) groups is 2. The van der Waals surface area contributed by atoms with Gasteiger partial charge in [0.25, 0.3) is 0 Å². The van der Waals surface area contributed by atoms with Crippen molar-refractivity contribution in [2.75, 3.05) is 30.8 Å². The first kappa shape index (κ1) is 14.4. The quantitative estimate of drug-likeness (QED) is 0.805. The van der Waals surface area contributed by atoms with E-state index in [2.05, 4.69) is 0 Å². The molecule has 2 aliphatic rings. The Hall–Kier alpha value is -1.49. The molecule has 1 aromatic rings. The Morgan fingerprint density at radius 2 is 2.05 bits per heavy atom. The molecule has 0 aromatic heterocycles. The zero-order valence-electron chi connectivity index (χ0n) is 12.2. The van der Waals surface area contributed by atoms with Gasteiger partial charge in [-0.15, -0.1) is 11.8 Å². The second kappa shape index (κ2) is 6.10. The van der Waals surface area contributed by atoms with Crippen molar-refractivity contribution >= 4 is 29.3 Å². The number of anilines is 1. The van der Waals surface area contributed by atoms with Crippen LogP contribution in [0, 0.1) is 5.92 Å². The topological polar surface area (TPSA) is 40.6 Å². The summed E-state index contributed by atoms with van der Waals surface area (Å²) in [5.74, 6) is 0.0451. The number of amides is 2. The van der Waals surface area contributed by atoms with Crippen LogP contribution < -0.4 is 4.90 Å². The van der Waals surface area contributed by atoms with Crippen molar-refractivity contribution in [3.05, 3.63) is 24.3 Å². The van der Waals surface area contributed by atoms with E-state index in [4.69, 9.17) is 0 Å². The van der Waals surface area contributed by atoms with Gasteiger partial charge < -0.3 is 9.80 Å². The maximum Gasteiger partial charge on any atom is 0.228 e. The second-order valence-corrected chi connectivity index (χ2v) is 6.52. The molecule has 0 aliphatic carbocycles. The van der Waals surface area contributed by atoms with Crippen LogP contribution >= 0.6 is 11.8 Å². The number of thioether (sulfide) groups is 1. The van der Waals surface area contributed by atoms with Crippen molar-refractivity contribution in [1.82, 2.24) is 4.90 Å². The van der Waals surface area contributed by atoms with Crippen LogP contribution in [0.15, 0.2) is 29.2 Å². The molecular weight excluding hydrogens is 284 g/mol. The summed E-state index contributed by atoms with van der Waals surface area (Å²) >= 11 is 1.66. The summed E-state index contributed by atoms with van der Waals surface area (Å²) in [5, 5.41) is 0. The van der Waals surface area contributed by atoms with Crippen LogP contribution in [0.3, 0.4) is 0 Å². The largest absolute Gasteiger partial charge is 0.342 e. The van der Waals surface area contributed by atoms with E-state index in [1.165, 1.54) is 0 Å². The molecule has 0 radical (unpaired) electrons. The average molecular weight is 304 g/mol. The Kier molecular flexibility index (Phi) is 4.19. The van der Waals surface area contributed by atoms with Crippen molar-refractivity contribution < 1.29 is 9.59 Å². The minimum Gasteiger partial charge on any atom is -0.342 e. The lowest BCUT2D eigenvalue weighted by molar-refractivity contribution is -0.134. The van der Waals surface area contributed by atoms with Crippen molar-refractivity contribution in [2.24, 2.45) is 5.92 Å². The first-order chi connectivity index (χ1) is 10.2. The van der Waals surface area contributed by atoms with Crippen molar-refractivity contribution in [3.63, 3.8) is 0 Å². The smallest absolute Gasteiger partial charge is 0.228 e. The molecule has 21 heavy (non-hydrogen) atoms. The van der Waals surface area contributed by atoms with Gasteiger partial charge in [0.15, 0.2) is 0 Å². The minimum absolute atomic E-state index is 0.0609. The Balaban J connectivity index is 1.73. The van der Waals surface area contributed by atoms with Gasteiger partial charge in [-0.05, 0) is 37.3 Å². The van der Waals surface area contributed by atoms with E-state index in [0.717, 1.165) is 36.5 Å². The van der Waals surface area contributed by atoms with Gasteiger partial charge in [0.1, 0.15) is 0 Å². The fourth-order valence-electron chi connectivity index (χ4n) is 3.10. The minimum atomic E-state index is -0.173. The van der Waals surface area contributed by atoms with Crippen LogP contribution in [0.4, 0.5) is 5.69 Å². The zero-order valence-corrected chi connectivity index (χ0v) is 13.1. The molecule has 0 saturated carbocycles. The van der Waals surface area contributed by atoms with Gasteiger partial charge >= 0.3 is 0 Å². The summed E-state index contributed by atoms with van der Waals surface area (Å²) in [6, 6.07) is 7.96. The molecule has 4 nitrogen and oxygen atoms in total. The predicted octanol–water partition coefficient (Wildman–Crippen LogP) is 2.38. The zero-order chi connectivity index (χ0) is 14.8. The Morgan fingerprint density at radius 3 is 2.76 bits per heavy atom. The molecule has 2 amide bonds. The second-order valence-electron chi connectivity index (χ2n) is 5.64. The molecule has 2 saturated heterocycles. The standard InChI is InChI=1S/C16H20N2O2S/c1-21-14-6-4-5-13(10-14)18-11-12(9-15(18)19)16(20)17-7-2-3-8-17/h4-6,10,12H,2-3,7-9,11H2,1H3. The molecular formula is C16H20N2O2S. The molecule has 0 spiro atoms. The number of benzene rings is 1. The van der Waals surface area contributed by atoms with Gasteiger partial charge in [-0.3, -0.25) is 9.59 Å². The Bertz CT molecular complexity index is 555. The average Bonchev–Trinajstić information content (AvgIpc) is 3.16. The highest BCUT2D eigenvalue weighted by Crippen LogP contribution is 2.29. The summed E-state index contributed by atoms with van der Waals surface area (Å²) in [5.41, 5.74) is 0.906. The lowest BCUT2D eigenvalue weighted by Gasteiger charge is -2.20. The SMILES string of the molecule is CSc1cccc(N2CC(C(=O)N3CCCC3)CC2=O)c1. The highest BCUT2D eigenvalue weighted by atomic mass is 32.2. The van der Waals surface area contributed by atoms with Crippen LogP contribution in [-0.2, 0) is 9.59 Å². The number of hydrogen-bond donors (Lipinski definition) is 0. The van der Waals surface area contributed by atoms with Gasteiger partial charge in [0.2, 0.25) is 11.8 Å². The van der Waals surface area contributed by atoms with E-state index in [1.54, 1.807) is 16.7 Å². The fraction of sp³-hybridized carbons (Fsp3) is 0.500. The highest BCUT2D eigenvalue weighted by Gasteiger charge is 2.37. The maximum atomic E-state index is 12.4. The van der Waals surface area contributed by atoms with E-state index < -0.39 is 0 Å². The van der Waals surface area contributed by atoms with Crippen molar-refractivity contribution in [2.45, 2.75) is 24.2 Å². The van der Waals surface area contributed by atoms with Gasteiger partial charge in [0, 0.05) is 36.6 Å². The lowest BCUT2D eigenvalue weighted by Crippen LogP contribution is -2.35. The molecule has 1 atom stereocenters. The molecule has 5 heteroatoms. The van der Waals surface area contributed by atoms with Crippen molar-refractivity contribution in [1.29, 1.82) is 0 Å². The number of rotatable bonds is 3. The Morgan fingerprint density at radius 1 is 1.29 bits per heavy atom. The first-order valence-electron chi connectivity index (χ1n) is 7.42. The lowest BCUT2D eigenvalue weighted by atomic mass is 10.1. The summed E-state index contributed by atoms with van der Waals surface area (Å²) in [7, 11) is 0. The van der Waals surface area contributed by atoms with Crippen LogP contribution in [0.2, 0.25) is 0 Å². The molecule has 2 aliphatic heterocycles. The molecule has 1 aromatic carbocycles. The number of likely N-dealkylation sites (tertiary alicyclic amines) is 1. The van der Waals surface area contributed by atoms with Crippen LogP contribution in [0.1, 0.15) is 19.3 Å². The number of nitrogens with zero attached hydrogens (tertiary/aromatic N) is 2. The van der Waals surface area contributed by atoms with E-state index in [1.807, 2.05) is 35.4 Å². The monoisotopic (exact) mass is 304 g/mol. The number of hydrogen-bond acceptors (Lipinski definition) is 3. The maximum absolute atomic E-state index is 12.4. The highest BCUT2D eigenvalue weighted by molar-refractivity contribution is 7.98. The van der Waals surface area contributed by atoms with Gasteiger partial charge in [0.05, 0.1) is 5.92 Å². The van der Waals surface area contributed by atoms with Gasteiger partial charge in [-0.2, -0.15) is 0 Å². The molecule has 112 valence electrons. The van der Waals surface area contributed by atoms with Crippen LogP contribution in [0.5, 0.6) is 0 Å². The molecule has 2 fully saturated rings. The van der Waals surface area contributed by atoms with E-state index in [-0.39, 0.29) is 17.7 Å². The van der Waals surface area contributed by atoms with E-state index in [9.17, 15) is 9.59 Å². The summed E-state index contributed by atoms with van der Waals surface area (Å²) < 4.78 is 0. The molecule has 3 rings (SSSR count). The van der Waals surface area contributed by atoms with Crippen molar-refractivity contribution in [3.8, 4) is 0 Å². The van der Waals surface area contributed by atoms with Gasteiger partial charge in [-0.1, -0.05) is 6.07 Å². The summed E-state index contributed by atoms with van der Waals surface area (Å²) in [6.45, 7) is 2.23. The summed E-state index contributed by atoms with van der Waals surface area (Å²) in [6.07, 6.45) is 4.54. The molecule has 0 bridgehead atoms. The van der Waals surface area contributed by atoms with Crippen LogP contribution in [-0.4, -0.2) is 42.6 Å².